The highest BCUT2D eigenvalue weighted by atomic mass is 16.5. The van der Waals surface area contributed by atoms with Gasteiger partial charge in [-0.15, -0.1) is 0 Å². The molecule has 0 aliphatic carbocycles. The van der Waals surface area contributed by atoms with E-state index in [9.17, 15) is 0 Å². The van der Waals surface area contributed by atoms with Gasteiger partial charge in [-0.05, 0) is 29.7 Å². The quantitative estimate of drug-likeness (QED) is 0.904. The number of anilines is 1. The van der Waals surface area contributed by atoms with Crippen molar-refractivity contribution < 1.29 is 4.74 Å². The van der Waals surface area contributed by atoms with Crippen molar-refractivity contribution in [3.05, 3.63) is 58.8 Å². The van der Waals surface area contributed by atoms with Crippen LogP contribution in [-0.4, -0.2) is 12.1 Å². The molecule has 0 aliphatic heterocycles. The number of aromatic nitrogens is 1. The Balaban J connectivity index is 2.11. The Morgan fingerprint density at radius 1 is 1.30 bits per heavy atom. The molecule has 20 heavy (non-hydrogen) atoms. The molecular weight excluding hydrogens is 250 g/mol. The van der Waals surface area contributed by atoms with Crippen LogP contribution in [0, 0.1) is 18.3 Å². The molecule has 1 aromatic heterocycles. The zero-order chi connectivity index (χ0) is 14.4. The van der Waals surface area contributed by atoms with Crippen molar-refractivity contribution in [2.45, 2.75) is 20.1 Å². The molecule has 1 N–H and O–H groups in total. The molecule has 1 aromatic carbocycles. The van der Waals surface area contributed by atoms with Gasteiger partial charge in [-0.2, -0.15) is 5.26 Å². The molecule has 0 atom stereocenters. The highest BCUT2D eigenvalue weighted by molar-refractivity contribution is 5.55. The highest BCUT2D eigenvalue weighted by Gasteiger charge is 2.06. The summed E-state index contributed by atoms with van der Waals surface area (Å²) in [5, 5.41) is 12.4. The maximum absolute atomic E-state index is 9.16. The van der Waals surface area contributed by atoms with Crippen molar-refractivity contribution in [1.29, 1.82) is 5.26 Å². The van der Waals surface area contributed by atoms with Crippen molar-refractivity contribution in [3.8, 4) is 6.07 Å². The number of pyridine rings is 1. The lowest BCUT2D eigenvalue weighted by Gasteiger charge is -2.09. The van der Waals surface area contributed by atoms with E-state index in [1.54, 1.807) is 13.3 Å². The van der Waals surface area contributed by atoms with Crippen LogP contribution < -0.4 is 5.32 Å². The maximum atomic E-state index is 9.16. The summed E-state index contributed by atoms with van der Waals surface area (Å²) in [6.07, 6.45) is 1.71. The second-order valence-corrected chi connectivity index (χ2v) is 4.57. The van der Waals surface area contributed by atoms with E-state index in [1.165, 1.54) is 0 Å². The zero-order valence-electron chi connectivity index (χ0n) is 11.7. The summed E-state index contributed by atoms with van der Waals surface area (Å²) in [4.78, 5) is 4.23. The summed E-state index contributed by atoms with van der Waals surface area (Å²) in [5.74, 6) is 0.629. The molecule has 2 rings (SSSR count). The third-order valence-corrected chi connectivity index (χ3v) is 3.03. The van der Waals surface area contributed by atoms with E-state index >= 15 is 0 Å². The van der Waals surface area contributed by atoms with Crippen LogP contribution in [0.15, 0.2) is 36.5 Å². The molecule has 4 nitrogen and oxygen atoms in total. The number of ether oxygens (including phenoxy) is 1. The average molecular weight is 267 g/mol. The SMILES string of the molecule is COCc1cccc(CNc2nccc(C)c2C#N)c1. The van der Waals surface area contributed by atoms with Gasteiger partial charge in [-0.1, -0.05) is 24.3 Å². The van der Waals surface area contributed by atoms with Gasteiger partial charge in [0.2, 0.25) is 0 Å². The molecule has 0 amide bonds. The van der Waals surface area contributed by atoms with Crippen LogP contribution in [-0.2, 0) is 17.9 Å². The molecule has 0 fully saturated rings. The molecule has 0 saturated carbocycles. The second kappa shape index (κ2) is 6.69. The maximum Gasteiger partial charge on any atom is 0.144 e. The first-order chi connectivity index (χ1) is 9.74. The minimum atomic E-state index is 0.597. The molecule has 0 spiro atoms. The average Bonchev–Trinajstić information content (AvgIpc) is 2.46. The first kappa shape index (κ1) is 14.0. The smallest absolute Gasteiger partial charge is 0.144 e. The Kier molecular flexibility index (Phi) is 4.70. The fourth-order valence-electron chi connectivity index (χ4n) is 2.02. The predicted molar refractivity (Wildman–Crippen MR) is 78.2 cm³/mol. The summed E-state index contributed by atoms with van der Waals surface area (Å²) in [5.41, 5.74) is 3.79. The van der Waals surface area contributed by atoms with E-state index in [1.807, 2.05) is 31.2 Å². The van der Waals surface area contributed by atoms with Crippen LogP contribution in [0.2, 0.25) is 0 Å². The molecule has 2 aromatic rings. The first-order valence-corrected chi connectivity index (χ1v) is 6.41. The third kappa shape index (κ3) is 3.34. The van der Waals surface area contributed by atoms with Gasteiger partial charge in [0.25, 0.3) is 0 Å². The van der Waals surface area contributed by atoms with E-state index < -0.39 is 0 Å². The normalized spacial score (nSPS) is 10.1. The van der Waals surface area contributed by atoms with Gasteiger partial charge in [0, 0.05) is 19.9 Å². The zero-order valence-corrected chi connectivity index (χ0v) is 11.7. The summed E-state index contributed by atoms with van der Waals surface area (Å²) >= 11 is 0. The van der Waals surface area contributed by atoms with Gasteiger partial charge < -0.3 is 10.1 Å². The molecule has 1 heterocycles. The molecule has 4 heteroatoms. The fourth-order valence-corrected chi connectivity index (χ4v) is 2.02. The van der Waals surface area contributed by atoms with E-state index in [0.717, 1.165) is 16.7 Å². The number of methoxy groups -OCH3 is 1. The van der Waals surface area contributed by atoms with Crippen molar-refractivity contribution in [2.24, 2.45) is 0 Å². The van der Waals surface area contributed by atoms with Crippen LogP contribution in [0.3, 0.4) is 0 Å². The van der Waals surface area contributed by atoms with Crippen LogP contribution in [0.5, 0.6) is 0 Å². The van der Waals surface area contributed by atoms with Gasteiger partial charge in [-0.3, -0.25) is 0 Å². The topological polar surface area (TPSA) is 57.9 Å². The van der Waals surface area contributed by atoms with Gasteiger partial charge in [0.15, 0.2) is 0 Å². The Morgan fingerprint density at radius 3 is 2.85 bits per heavy atom. The van der Waals surface area contributed by atoms with Crippen LogP contribution in [0.1, 0.15) is 22.3 Å². The first-order valence-electron chi connectivity index (χ1n) is 6.41. The number of nitrogens with zero attached hydrogens (tertiary/aromatic N) is 2. The van der Waals surface area contributed by atoms with Crippen molar-refractivity contribution >= 4 is 5.82 Å². The molecule has 102 valence electrons. The number of hydrogen-bond acceptors (Lipinski definition) is 4. The lowest BCUT2D eigenvalue weighted by atomic mass is 10.1. The Labute approximate surface area is 119 Å². The van der Waals surface area contributed by atoms with E-state index in [2.05, 4.69) is 22.4 Å². The van der Waals surface area contributed by atoms with Gasteiger partial charge in [-0.25, -0.2) is 4.98 Å². The predicted octanol–water partition coefficient (Wildman–Crippen LogP) is 3.02. The van der Waals surface area contributed by atoms with E-state index in [0.29, 0.717) is 24.5 Å². The highest BCUT2D eigenvalue weighted by Crippen LogP contribution is 2.16. The van der Waals surface area contributed by atoms with E-state index in [4.69, 9.17) is 10.00 Å². The molecular formula is C16H17N3O. The summed E-state index contributed by atoms with van der Waals surface area (Å²) in [7, 11) is 1.68. The number of nitriles is 1. The number of rotatable bonds is 5. The molecule has 0 radical (unpaired) electrons. The van der Waals surface area contributed by atoms with Crippen molar-refractivity contribution in [1.82, 2.24) is 4.98 Å². The molecule has 0 saturated heterocycles. The molecule has 0 aliphatic rings. The largest absolute Gasteiger partial charge is 0.380 e. The van der Waals surface area contributed by atoms with Gasteiger partial charge in [0.05, 0.1) is 12.2 Å². The lowest BCUT2D eigenvalue weighted by molar-refractivity contribution is 0.185. The number of hydrogen-bond donors (Lipinski definition) is 1. The van der Waals surface area contributed by atoms with Gasteiger partial charge >= 0.3 is 0 Å². The molecule has 0 bridgehead atoms. The minimum Gasteiger partial charge on any atom is -0.380 e. The van der Waals surface area contributed by atoms with Crippen molar-refractivity contribution in [3.63, 3.8) is 0 Å². The van der Waals surface area contributed by atoms with Crippen LogP contribution in [0.25, 0.3) is 0 Å². The monoisotopic (exact) mass is 267 g/mol. The summed E-state index contributed by atoms with van der Waals surface area (Å²) < 4.78 is 5.12. The van der Waals surface area contributed by atoms with Gasteiger partial charge in [0.1, 0.15) is 11.9 Å². The summed E-state index contributed by atoms with van der Waals surface area (Å²) in [6.45, 7) is 3.13. The third-order valence-electron chi connectivity index (χ3n) is 3.03. The Bertz CT molecular complexity index is 632. The Hall–Kier alpha value is -2.38. The van der Waals surface area contributed by atoms with Crippen LogP contribution >= 0.6 is 0 Å². The molecule has 0 unspecified atom stereocenters. The van der Waals surface area contributed by atoms with Crippen LogP contribution in [0.4, 0.5) is 5.82 Å². The fraction of sp³-hybridized carbons (Fsp3) is 0.250. The lowest BCUT2D eigenvalue weighted by Crippen LogP contribution is -2.04. The number of nitrogens with one attached hydrogen (secondary N) is 1. The number of benzene rings is 1. The standard InChI is InChI=1S/C16H17N3O/c1-12-6-7-18-16(15(12)9-17)19-10-13-4-3-5-14(8-13)11-20-2/h3-8H,10-11H2,1-2H3,(H,18,19). The minimum absolute atomic E-state index is 0.597. The van der Waals surface area contributed by atoms with Crippen molar-refractivity contribution in [2.75, 3.05) is 12.4 Å². The summed E-state index contributed by atoms with van der Waals surface area (Å²) in [6, 6.07) is 12.2. The number of aryl methyl sites for hydroxylation is 1. The second-order valence-electron chi connectivity index (χ2n) is 4.57. The van der Waals surface area contributed by atoms with E-state index in [-0.39, 0.29) is 0 Å². The Morgan fingerprint density at radius 2 is 2.10 bits per heavy atom.